The Balaban J connectivity index is 4.58. The van der Waals surface area contributed by atoms with Gasteiger partial charge in [0.2, 0.25) is 5.91 Å². The summed E-state index contributed by atoms with van der Waals surface area (Å²) in [5.41, 5.74) is 0. The van der Waals surface area contributed by atoms with Crippen LogP contribution in [-0.4, -0.2) is 46.9 Å². The van der Waals surface area contributed by atoms with Crippen LogP contribution in [0.2, 0.25) is 0 Å². The van der Waals surface area contributed by atoms with Crippen LogP contribution in [-0.2, 0) is 14.3 Å². The molecule has 0 fully saturated rings. The van der Waals surface area contributed by atoms with Crippen LogP contribution < -0.4 is 5.32 Å². The number of rotatable bonds is 43. The molecule has 0 saturated carbocycles. The normalized spacial score (nSPS) is 13.6. The number of hydrogen-bond donors (Lipinski definition) is 3. The van der Waals surface area contributed by atoms with Crippen LogP contribution in [0.3, 0.4) is 0 Å². The molecule has 56 heavy (non-hydrogen) atoms. The first kappa shape index (κ1) is 54.1. The molecule has 0 saturated heterocycles. The third-order valence-corrected chi connectivity index (χ3v) is 11.0. The molecule has 3 unspecified atom stereocenters. The van der Waals surface area contributed by atoms with Gasteiger partial charge in [0.25, 0.3) is 0 Å². The second-order valence-electron chi connectivity index (χ2n) is 16.5. The van der Waals surface area contributed by atoms with Gasteiger partial charge in [0.1, 0.15) is 6.10 Å². The summed E-state index contributed by atoms with van der Waals surface area (Å²) in [6, 6.07) is -0.704. The fourth-order valence-electron chi connectivity index (χ4n) is 7.29. The molecule has 0 spiro atoms. The Bertz CT molecular complexity index is 930. The fourth-order valence-corrected chi connectivity index (χ4v) is 7.29. The van der Waals surface area contributed by atoms with Gasteiger partial charge in [-0.2, -0.15) is 0 Å². The predicted octanol–water partition coefficient (Wildman–Crippen LogP) is 14.1. The Morgan fingerprint density at radius 3 is 1.50 bits per heavy atom. The van der Waals surface area contributed by atoms with Crippen molar-refractivity contribution >= 4 is 11.9 Å². The lowest BCUT2D eigenvalue weighted by molar-refractivity contribution is -0.151. The number of carbonyl (C=O) groups is 2. The molecular weight excluding hydrogens is 695 g/mol. The second-order valence-corrected chi connectivity index (χ2v) is 16.5. The third-order valence-electron chi connectivity index (χ3n) is 11.0. The van der Waals surface area contributed by atoms with Crippen molar-refractivity contribution in [1.82, 2.24) is 5.32 Å². The Hall–Kier alpha value is -1.92. The highest BCUT2D eigenvalue weighted by Crippen LogP contribution is 2.17. The minimum Gasteiger partial charge on any atom is -0.462 e. The van der Waals surface area contributed by atoms with Gasteiger partial charge in [0.15, 0.2) is 0 Å². The molecule has 3 atom stereocenters. The average molecular weight is 788 g/mol. The lowest BCUT2D eigenvalue weighted by Gasteiger charge is -2.24. The lowest BCUT2D eigenvalue weighted by Crippen LogP contribution is -2.46. The van der Waals surface area contributed by atoms with E-state index in [1.807, 2.05) is 0 Å². The highest BCUT2D eigenvalue weighted by Gasteiger charge is 2.24. The summed E-state index contributed by atoms with van der Waals surface area (Å²) in [4.78, 5) is 26.0. The maximum Gasteiger partial charge on any atom is 0.306 e. The van der Waals surface area contributed by atoms with E-state index in [1.165, 1.54) is 116 Å². The number of aliphatic hydroxyl groups excluding tert-OH is 2. The van der Waals surface area contributed by atoms with Gasteiger partial charge in [-0.3, -0.25) is 9.59 Å². The number of hydrogen-bond acceptors (Lipinski definition) is 5. The fraction of sp³-hybridized carbons (Fsp3) is 0.840. The number of unbranched alkanes of at least 4 members (excludes halogenated alkanes) is 25. The van der Waals surface area contributed by atoms with Crippen LogP contribution in [0.25, 0.3) is 0 Å². The van der Waals surface area contributed by atoms with Gasteiger partial charge in [-0.1, -0.05) is 192 Å². The van der Waals surface area contributed by atoms with Crippen molar-refractivity contribution in [3.63, 3.8) is 0 Å². The largest absolute Gasteiger partial charge is 0.462 e. The minimum absolute atomic E-state index is 0.0664. The van der Waals surface area contributed by atoms with Crippen LogP contribution in [0.1, 0.15) is 245 Å². The number of aliphatic hydroxyl groups is 2. The van der Waals surface area contributed by atoms with Crippen molar-refractivity contribution in [2.24, 2.45) is 0 Å². The van der Waals surface area contributed by atoms with Crippen molar-refractivity contribution in [1.29, 1.82) is 0 Å². The number of amides is 1. The lowest BCUT2D eigenvalue weighted by atomic mass is 10.0. The molecule has 0 aromatic carbocycles. The number of allylic oxidation sites excluding steroid dienone is 6. The van der Waals surface area contributed by atoms with Crippen molar-refractivity contribution in [2.75, 3.05) is 6.61 Å². The zero-order chi connectivity index (χ0) is 41.0. The first-order valence-electron chi connectivity index (χ1n) is 24.2. The highest BCUT2D eigenvalue weighted by atomic mass is 16.5. The van der Waals surface area contributed by atoms with Gasteiger partial charge in [-0.15, -0.1) is 0 Å². The monoisotopic (exact) mass is 788 g/mol. The van der Waals surface area contributed by atoms with Crippen LogP contribution in [0.5, 0.6) is 0 Å². The van der Waals surface area contributed by atoms with Crippen molar-refractivity contribution in [3.05, 3.63) is 36.5 Å². The van der Waals surface area contributed by atoms with Crippen molar-refractivity contribution < 1.29 is 24.5 Å². The Labute approximate surface area is 347 Å². The van der Waals surface area contributed by atoms with Crippen LogP contribution >= 0.6 is 0 Å². The van der Waals surface area contributed by atoms with Gasteiger partial charge in [0, 0.05) is 6.42 Å². The second kappa shape index (κ2) is 44.2. The molecule has 3 N–H and O–H groups in total. The van der Waals surface area contributed by atoms with Crippen LogP contribution in [0, 0.1) is 0 Å². The quantitative estimate of drug-likeness (QED) is 0.0325. The number of ether oxygens (including phenoxy) is 1. The Kier molecular flexibility index (Phi) is 42.7. The molecule has 0 rings (SSSR count). The van der Waals surface area contributed by atoms with Gasteiger partial charge in [0.05, 0.1) is 25.2 Å². The SMILES string of the molecule is CC/C=C/C/C=C/CCCCCCCC(CC(=O)NC(CO)C(O)CCCCCCCCCCCCCCC)OC(=O)CCCCCCC/C=C\CCCCC. The Morgan fingerprint density at radius 2 is 0.964 bits per heavy atom. The highest BCUT2D eigenvalue weighted by molar-refractivity contribution is 5.77. The van der Waals surface area contributed by atoms with E-state index in [0.717, 1.165) is 83.5 Å². The van der Waals surface area contributed by atoms with E-state index < -0.39 is 18.2 Å². The molecule has 0 heterocycles. The van der Waals surface area contributed by atoms with E-state index in [1.54, 1.807) is 0 Å². The van der Waals surface area contributed by atoms with Crippen molar-refractivity contribution in [2.45, 2.75) is 264 Å². The molecule has 1 amide bonds. The number of carbonyl (C=O) groups excluding carboxylic acids is 2. The van der Waals surface area contributed by atoms with E-state index >= 15 is 0 Å². The number of esters is 1. The summed E-state index contributed by atoms with van der Waals surface area (Å²) in [5, 5.41) is 23.7. The summed E-state index contributed by atoms with van der Waals surface area (Å²) in [6.07, 6.45) is 50.6. The van der Waals surface area contributed by atoms with E-state index in [2.05, 4.69) is 62.5 Å². The maximum absolute atomic E-state index is 13.1. The molecule has 0 aromatic heterocycles. The van der Waals surface area contributed by atoms with Crippen molar-refractivity contribution in [3.8, 4) is 0 Å². The molecule has 6 nitrogen and oxygen atoms in total. The zero-order valence-electron chi connectivity index (χ0n) is 37.3. The van der Waals surface area contributed by atoms with Crippen LogP contribution in [0.4, 0.5) is 0 Å². The van der Waals surface area contributed by atoms with Gasteiger partial charge >= 0.3 is 5.97 Å². The predicted molar refractivity (Wildman–Crippen MR) is 241 cm³/mol. The van der Waals surface area contributed by atoms with E-state index in [0.29, 0.717) is 19.3 Å². The molecule has 0 aliphatic carbocycles. The molecule has 6 heteroatoms. The molecule has 0 bridgehead atoms. The summed E-state index contributed by atoms with van der Waals surface area (Å²) in [6.45, 7) is 6.34. The summed E-state index contributed by atoms with van der Waals surface area (Å²) in [5.74, 6) is -0.495. The van der Waals surface area contributed by atoms with Gasteiger partial charge in [-0.25, -0.2) is 0 Å². The first-order valence-corrected chi connectivity index (χ1v) is 24.2. The third kappa shape index (κ3) is 38.9. The van der Waals surface area contributed by atoms with Gasteiger partial charge in [-0.05, 0) is 77.0 Å². The van der Waals surface area contributed by atoms with E-state index in [9.17, 15) is 19.8 Å². The zero-order valence-corrected chi connectivity index (χ0v) is 37.3. The minimum atomic E-state index is -0.790. The van der Waals surface area contributed by atoms with Crippen LogP contribution in [0.15, 0.2) is 36.5 Å². The summed E-state index contributed by atoms with van der Waals surface area (Å²) < 4.78 is 5.90. The smallest absolute Gasteiger partial charge is 0.306 e. The van der Waals surface area contributed by atoms with E-state index in [-0.39, 0.29) is 24.9 Å². The molecule has 0 radical (unpaired) electrons. The molecule has 0 aromatic rings. The Morgan fingerprint density at radius 1 is 0.536 bits per heavy atom. The number of nitrogens with one attached hydrogen (secondary N) is 1. The van der Waals surface area contributed by atoms with Gasteiger partial charge < -0.3 is 20.3 Å². The average Bonchev–Trinajstić information content (AvgIpc) is 3.19. The van der Waals surface area contributed by atoms with E-state index in [4.69, 9.17) is 4.74 Å². The summed E-state index contributed by atoms with van der Waals surface area (Å²) in [7, 11) is 0. The molecule has 0 aliphatic rings. The molecule has 0 aliphatic heterocycles. The first-order chi connectivity index (χ1) is 27.5. The maximum atomic E-state index is 13.1. The topological polar surface area (TPSA) is 95.9 Å². The molecule has 328 valence electrons. The molecular formula is C50H93NO5. The standard InChI is InChI=1S/C50H93NO5/c1-4-7-10-13-16-19-22-25-27-30-33-36-39-42-48(53)47(45-52)51-49(54)44-46(41-38-35-32-29-26-23-20-17-14-11-8-5-2)56-50(55)43-40-37-34-31-28-24-21-18-15-12-9-6-3/h8,11,17-18,20-21,46-48,52-53H,4-7,9-10,12-16,19,22-45H2,1-3H3,(H,51,54)/b11-8+,20-17+,21-18-. The summed E-state index contributed by atoms with van der Waals surface area (Å²) >= 11 is 0.